The van der Waals surface area contributed by atoms with E-state index in [1.165, 1.54) is 5.69 Å². The van der Waals surface area contributed by atoms with E-state index in [0.29, 0.717) is 6.42 Å². The number of hydrogen-bond acceptors (Lipinski definition) is 1. The summed E-state index contributed by atoms with van der Waals surface area (Å²) in [6.45, 7) is 1.53. The Morgan fingerprint density at radius 1 is 0.760 bits per heavy atom. The standard InChI is InChI=1S/C23H22NO/c25-23(20-12-6-2-7-13-20)16-17-24(21-14-8-3-9-15-21)18-22(23)19-10-4-1-5-11-19/h1-15,22H,16-18H2. The second-order valence-electron chi connectivity index (χ2n) is 6.75. The molecule has 0 saturated carbocycles. The molecule has 2 atom stereocenters. The molecule has 125 valence electrons. The molecule has 2 nitrogen and oxygen atoms in total. The fraction of sp³-hybridized carbons (Fsp3) is 0.217. The largest absolute Gasteiger partial charge is 0.371 e. The van der Waals surface area contributed by atoms with E-state index in [0.717, 1.165) is 24.2 Å². The Labute approximate surface area is 149 Å². The molecule has 1 radical (unpaired) electrons. The quantitative estimate of drug-likeness (QED) is 0.663. The van der Waals surface area contributed by atoms with Gasteiger partial charge in [-0.25, -0.2) is 5.11 Å². The number of anilines is 1. The maximum Gasteiger partial charge on any atom is 0.139 e. The normalized spacial score (nSPS) is 23.4. The second-order valence-corrected chi connectivity index (χ2v) is 6.75. The highest BCUT2D eigenvalue weighted by Crippen LogP contribution is 2.44. The summed E-state index contributed by atoms with van der Waals surface area (Å²) in [5.74, 6) is -0.0787. The van der Waals surface area contributed by atoms with Crippen molar-refractivity contribution in [3.8, 4) is 0 Å². The summed E-state index contributed by atoms with van der Waals surface area (Å²) in [6, 6.07) is 30.6. The summed E-state index contributed by atoms with van der Waals surface area (Å²) in [4.78, 5) is 2.34. The minimum absolute atomic E-state index is 0.0787. The Bertz CT molecular complexity index is 803. The molecule has 2 unspecified atom stereocenters. The first kappa shape index (κ1) is 15.9. The van der Waals surface area contributed by atoms with Gasteiger partial charge in [-0.15, -0.1) is 0 Å². The van der Waals surface area contributed by atoms with Crippen molar-refractivity contribution in [3.05, 3.63) is 102 Å². The van der Waals surface area contributed by atoms with Crippen LogP contribution in [-0.4, -0.2) is 13.1 Å². The lowest BCUT2D eigenvalue weighted by Crippen LogP contribution is -2.48. The van der Waals surface area contributed by atoms with Gasteiger partial charge in [-0.05, 0) is 23.3 Å². The molecule has 3 aromatic carbocycles. The van der Waals surface area contributed by atoms with Gasteiger partial charge in [0, 0.05) is 31.1 Å². The molecular formula is C23H22NO. The molecule has 0 N–H and O–H groups in total. The van der Waals surface area contributed by atoms with Gasteiger partial charge in [-0.2, -0.15) is 0 Å². The summed E-state index contributed by atoms with van der Waals surface area (Å²) < 4.78 is 0. The average Bonchev–Trinajstić information content (AvgIpc) is 2.70. The van der Waals surface area contributed by atoms with E-state index < -0.39 is 5.60 Å². The lowest BCUT2D eigenvalue weighted by atomic mass is 9.72. The molecule has 1 aliphatic heterocycles. The molecule has 0 spiro atoms. The predicted octanol–water partition coefficient (Wildman–Crippen LogP) is 5.01. The highest BCUT2D eigenvalue weighted by molar-refractivity contribution is 5.48. The predicted molar refractivity (Wildman–Crippen MR) is 101 cm³/mol. The Morgan fingerprint density at radius 3 is 1.96 bits per heavy atom. The van der Waals surface area contributed by atoms with Gasteiger partial charge in [-0.3, -0.25) is 0 Å². The number of para-hydroxylation sites is 1. The maximum absolute atomic E-state index is 14.0. The molecule has 0 aliphatic carbocycles. The highest BCUT2D eigenvalue weighted by atomic mass is 16.3. The Kier molecular flexibility index (Phi) is 4.29. The van der Waals surface area contributed by atoms with Crippen LogP contribution in [0.2, 0.25) is 0 Å². The molecule has 1 heterocycles. The number of nitrogens with zero attached hydrogens (tertiary/aromatic N) is 1. The smallest absolute Gasteiger partial charge is 0.139 e. The van der Waals surface area contributed by atoms with Gasteiger partial charge in [0.15, 0.2) is 0 Å². The topological polar surface area (TPSA) is 23.1 Å². The second kappa shape index (κ2) is 6.73. The van der Waals surface area contributed by atoms with Crippen LogP contribution in [0.1, 0.15) is 23.5 Å². The van der Waals surface area contributed by atoms with Crippen LogP contribution < -0.4 is 4.90 Å². The van der Waals surface area contributed by atoms with Crippen LogP contribution in [0.15, 0.2) is 91.0 Å². The molecule has 0 amide bonds. The zero-order chi connectivity index (χ0) is 17.1. The third-order valence-corrected chi connectivity index (χ3v) is 5.30. The Balaban J connectivity index is 1.73. The minimum Gasteiger partial charge on any atom is -0.371 e. The van der Waals surface area contributed by atoms with Gasteiger partial charge in [0.2, 0.25) is 0 Å². The van der Waals surface area contributed by atoms with Crippen molar-refractivity contribution in [1.29, 1.82) is 0 Å². The van der Waals surface area contributed by atoms with Gasteiger partial charge in [0.25, 0.3) is 0 Å². The molecule has 0 bridgehead atoms. The molecular weight excluding hydrogens is 306 g/mol. The lowest BCUT2D eigenvalue weighted by molar-refractivity contribution is -0.0721. The number of rotatable bonds is 3. The van der Waals surface area contributed by atoms with Crippen LogP contribution >= 0.6 is 0 Å². The lowest BCUT2D eigenvalue weighted by Gasteiger charge is -2.44. The summed E-state index contributed by atoms with van der Waals surface area (Å²) in [7, 11) is 0. The number of piperidine rings is 1. The van der Waals surface area contributed by atoms with Gasteiger partial charge in [-0.1, -0.05) is 78.9 Å². The fourth-order valence-corrected chi connectivity index (χ4v) is 3.93. The first-order valence-corrected chi connectivity index (χ1v) is 8.88. The van der Waals surface area contributed by atoms with Crippen molar-refractivity contribution < 1.29 is 5.11 Å². The summed E-state index contributed by atoms with van der Waals surface area (Å²) in [5.41, 5.74) is 2.13. The first-order chi connectivity index (χ1) is 12.3. The molecule has 4 rings (SSSR count). The maximum atomic E-state index is 14.0. The fourth-order valence-electron chi connectivity index (χ4n) is 3.93. The van der Waals surface area contributed by atoms with E-state index in [9.17, 15) is 5.11 Å². The third-order valence-electron chi connectivity index (χ3n) is 5.30. The zero-order valence-corrected chi connectivity index (χ0v) is 14.2. The van der Waals surface area contributed by atoms with E-state index in [1.807, 2.05) is 54.6 Å². The van der Waals surface area contributed by atoms with E-state index >= 15 is 0 Å². The molecule has 0 aromatic heterocycles. The summed E-state index contributed by atoms with van der Waals surface area (Å²) >= 11 is 0. The van der Waals surface area contributed by atoms with Crippen molar-refractivity contribution in [2.24, 2.45) is 0 Å². The third kappa shape index (κ3) is 3.06. The molecule has 1 fully saturated rings. The molecule has 2 heteroatoms. The molecule has 3 aromatic rings. The van der Waals surface area contributed by atoms with Gasteiger partial charge < -0.3 is 4.90 Å². The Morgan fingerprint density at radius 2 is 1.32 bits per heavy atom. The zero-order valence-electron chi connectivity index (χ0n) is 14.2. The van der Waals surface area contributed by atoms with Crippen LogP contribution in [0, 0.1) is 0 Å². The van der Waals surface area contributed by atoms with Crippen LogP contribution in [0.3, 0.4) is 0 Å². The number of benzene rings is 3. The van der Waals surface area contributed by atoms with Gasteiger partial charge in [0.05, 0.1) is 0 Å². The SMILES string of the molecule is [O]C1(c2ccccc2)CCN(c2ccccc2)CC1c1ccccc1. The van der Waals surface area contributed by atoms with Crippen molar-refractivity contribution in [2.45, 2.75) is 17.9 Å². The highest BCUT2D eigenvalue weighted by Gasteiger charge is 2.45. The van der Waals surface area contributed by atoms with Gasteiger partial charge >= 0.3 is 0 Å². The van der Waals surface area contributed by atoms with Crippen molar-refractivity contribution in [1.82, 2.24) is 0 Å². The van der Waals surface area contributed by atoms with Gasteiger partial charge in [0.1, 0.15) is 5.60 Å². The number of hydrogen-bond donors (Lipinski definition) is 0. The van der Waals surface area contributed by atoms with E-state index in [2.05, 4.69) is 41.3 Å². The van der Waals surface area contributed by atoms with Crippen molar-refractivity contribution in [2.75, 3.05) is 18.0 Å². The van der Waals surface area contributed by atoms with Crippen molar-refractivity contribution in [3.63, 3.8) is 0 Å². The van der Waals surface area contributed by atoms with E-state index in [-0.39, 0.29) is 5.92 Å². The monoisotopic (exact) mass is 328 g/mol. The summed E-state index contributed by atoms with van der Waals surface area (Å²) in [5, 5.41) is 14.0. The van der Waals surface area contributed by atoms with Crippen LogP contribution in [-0.2, 0) is 10.7 Å². The Hall–Kier alpha value is -2.58. The van der Waals surface area contributed by atoms with Crippen LogP contribution in [0.4, 0.5) is 5.69 Å². The van der Waals surface area contributed by atoms with Crippen LogP contribution in [0.5, 0.6) is 0 Å². The average molecular weight is 328 g/mol. The minimum atomic E-state index is -1.09. The summed E-state index contributed by atoms with van der Waals surface area (Å²) in [6.07, 6.45) is 0.603. The van der Waals surface area contributed by atoms with Crippen molar-refractivity contribution >= 4 is 5.69 Å². The van der Waals surface area contributed by atoms with Crippen LogP contribution in [0.25, 0.3) is 0 Å². The van der Waals surface area contributed by atoms with E-state index in [4.69, 9.17) is 0 Å². The molecule has 1 aliphatic rings. The molecule has 25 heavy (non-hydrogen) atoms. The molecule has 1 saturated heterocycles. The first-order valence-electron chi connectivity index (χ1n) is 8.88. The van der Waals surface area contributed by atoms with E-state index in [1.54, 1.807) is 0 Å².